The van der Waals surface area contributed by atoms with E-state index in [0.29, 0.717) is 6.42 Å². The van der Waals surface area contributed by atoms with E-state index < -0.39 is 11.5 Å². The van der Waals surface area contributed by atoms with Crippen LogP contribution in [-0.4, -0.2) is 22.8 Å². The summed E-state index contributed by atoms with van der Waals surface area (Å²) in [5.74, 6) is 0.899. The van der Waals surface area contributed by atoms with Crippen molar-refractivity contribution in [1.82, 2.24) is 0 Å². The number of fused-ring (bicyclic) bond motifs is 3. The molecular weight excluding hydrogens is 288 g/mol. The van der Waals surface area contributed by atoms with Gasteiger partial charge in [-0.25, -0.2) is 0 Å². The molecule has 0 aromatic rings. The summed E-state index contributed by atoms with van der Waals surface area (Å²) < 4.78 is 0. The van der Waals surface area contributed by atoms with Gasteiger partial charge in [0.05, 0.1) is 0 Å². The molecule has 0 aromatic carbocycles. The summed E-state index contributed by atoms with van der Waals surface area (Å²) in [6.07, 6.45) is 5.95. The number of hydrogen-bond acceptors (Lipinski definition) is 3. The van der Waals surface area contributed by atoms with E-state index in [1.165, 1.54) is 5.57 Å². The lowest BCUT2D eigenvalue weighted by Gasteiger charge is -2.64. The van der Waals surface area contributed by atoms with Crippen molar-refractivity contribution in [3.05, 3.63) is 23.8 Å². The second-order valence-corrected chi connectivity index (χ2v) is 8.47. The van der Waals surface area contributed by atoms with Crippen molar-refractivity contribution in [2.24, 2.45) is 28.6 Å². The molecule has 5 rings (SSSR count). The highest BCUT2D eigenvalue weighted by molar-refractivity contribution is 5.97. The fraction of sp³-hybridized carbons (Fsp3) is 0.700. The van der Waals surface area contributed by atoms with Gasteiger partial charge in [0.1, 0.15) is 6.10 Å². The third kappa shape index (κ3) is 1.69. The minimum Gasteiger partial charge on any atom is -0.385 e. The van der Waals surface area contributed by atoms with Crippen LogP contribution in [0.4, 0.5) is 0 Å². The first-order chi connectivity index (χ1) is 10.8. The smallest absolute Gasteiger partial charge is 0.168 e. The SMILES string of the molecule is C=CC1C[C@@]23CCC4=C(C)C(=O)CC[C@@]4(C)[C@@H]2C[C@@H]1[C@@H](O)C3=O. The number of rotatable bonds is 1. The van der Waals surface area contributed by atoms with E-state index in [-0.39, 0.29) is 34.7 Å². The Morgan fingerprint density at radius 3 is 2.70 bits per heavy atom. The second-order valence-electron chi connectivity index (χ2n) is 8.47. The fourth-order valence-corrected chi connectivity index (χ4v) is 6.55. The molecule has 0 aliphatic heterocycles. The molecule has 5 aliphatic rings. The molecule has 0 saturated heterocycles. The Bertz CT molecular complexity index is 643. The fourth-order valence-electron chi connectivity index (χ4n) is 6.55. The number of ketones is 2. The van der Waals surface area contributed by atoms with Crippen LogP contribution in [0, 0.1) is 28.6 Å². The van der Waals surface area contributed by atoms with Crippen molar-refractivity contribution in [3.63, 3.8) is 0 Å². The molecular formula is C20H26O3. The van der Waals surface area contributed by atoms with E-state index in [1.54, 1.807) is 0 Å². The first kappa shape index (κ1) is 15.3. The number of carbonyl (C=O) groups excluding carboxylic acids is 2. The van der Waals surface area contributed by atoms with Crippen LogP contribution in [-0.2, 0) is 9.59 Å². The summed E-state index contributed by atoms with van der Waals surface area (Å²) in [5.41, 5.74) is 1.81. The van der Waals surface area contributed by atoms with Gasteiger partial charge in [-0.05, 0) is 67.8 Å². The summed E-state index contributed by atoms with van der Waals surface area (Å²) in [6, 6.07) is 0. The van der Waals surface area contributed by atoms with E-state index in [2.05, 4.69) is 13.5 Å². The van der Waals surface area contributed by atoms with Crippen molar-refractivity contribution in [3.8, 4) is 0 Å². The molecule has 1 N–H and O–H groups in total. The minimum absolute atomic E-state index is 0.0148. The zero-order valence-corrected chi connectivity index (χ0v) is 14.1. The summed E-state index contributed by atoms with van der Waals surface area (Å²) in [4.78, 5) is 25.1. The van der Waals surface area contributed by atoms with Gasteiger partial charge < -0.3 is 5.11 Å². The predicted molar refractivity (Wildman–Crippen MR) is 87.6 cm³/mol. The topological polar surface area (TPSA) is 54.4 Å². The number of aliphatic hydroxyl groups is 1. The van der Waals surface area contributed by atoms with E-state index >= 15 is 0 Å². The Morgan fingerprint density at radius 1 is 1.26 bits per heavy atom. The Morgan fingerprint density at radius 2 is 2.00 bits per heavy atom. The van der Waals surface area contributed by atoms with E-state index in [9.17, 15) is 14.7 Å². The van der Waals surface area contributed by atoms with Gasteiger partial charge in [-0.2, -0.15) is 0 Å². The van der Waals surface area contributed by atoms with Gasteiger partial charge in [-0.1, -0.05) is 18.6 Å². The molecule has 1 spiro atoms. The van der Waals surface area contributed by atoms with E-state index in [1.807, 2.05) is 13.0 Å². The molecule has 0 aromatic heterocycles. The predicted octanol–water partition coefficient (Wildman–Crippen LogP) is 3.22. The maximum atomic E-state index is 13.0. The molecule has 5 aliphatic carbocycles. The van der Waals surface area contributed by atoms with Crippen LogP contribution >= 0.6 is 0 Å². The Kier molecular flexibility index (Phi) is 3.10. The molecule has 6 atom stereocenters. The Labute approximate surface area is 137 Å². The van der Waals surface area contributed by atoms with Gasteiger partial charge in [-0.3, -0.25) is 9.59 Å². The van der Waals surface area contributed by atoms with Crippen molar-refractivity contribution in [2.45, 2.75) is 58.5 Å². The number of hydrogen-bond donors (Lipinski definition) is 1. The molecule has 2 bridgehead atoms. The molecule has 124 valence electrons. The Balaban J connectivity index is 1.84. The van der Waals surface area contributed by atoms with Crippen molar-refractivity contribution in [2.75, 3.05) is 0 Å². The maximum absolute atomic E-state index is 13.0. The second kappa shape index (κ2) is 4.66. The van der Waals surface area contributed by atoms with Crippen molar-refractivity contribution < 1.29 is 14.7 Å². The maximum Gasteiger partial charge on any atom is 0.168 e. The summed E-state index contributed by atoms with van der Waals surface area (Å²) >= 11 is 0. The van der Waals surface area contributed by atoms with E-state index in [0.717, 1.165) is 37.7 Å². The van der Waals surface area contributed by atoms with Crippen molar-refractivity contribution in [1.29, 1.82) is 0 Å². The first-order valence-electron chi connectivity index (χ1n) is 8.93. The lowest BCUT2D eigenvalue weighted by atomic mass is 9.39. The van der Waals surface area contributed by atoms with Crippen LogP contribution in [0.3, 0.4) is 0 Å². The number of Topliss-reactive ketones (excluding diaryl/α,β-unsaturated/α-hetero) is 2. The van der Waals surface area contributed by atoms with Crippen LogP contribution in [0.15, 0.2) is 23.8 Å². The molecule has 4 fully saturated rings. The van der Waals surface area contributed by atoms with Gasteiger partial charge in [0.2, 0.25) is 0 Å². The van der Waals surface area contributed by atoms with Gasteiger partial charge >= 0.3 is 0 Å². The quantitative estimate of drug-likeness (QED) is 0.756. The normalized spacial score (nSPS) is 49.0. The molecule has 1 unspecified atom stereocenters. The average Bonchev–Trinajstić information content (AvgIpc) is 2.55. The van der Waals surface area contributed by atoms with Crippen LogP contribution in [0.25, 0.3) is 0 Å². The highest BCUT2D eigenvalue weighted by Gasteiger charge is 2.66. The van der Waals surface area contributed by atoms with Crippen LogP contribution < -0.4 is 0 Å². The third-order valence-electron chi connectivity index (χ3n) is 7.81. The first-order valence-corrected chi connectivity index (χ1v) is 8.93. The molecule has 23 heavy (non-hydrogen) atoms. The molecule has 3 nitrogen and oxygen atoms in total. The minimum atomic E-state index is -0.816. The van der Waals surface area contributed by atoms with Gasteiger partial charge in [0.25, 0.3) is 0 Å². The van der Waals surface area contributed by atoms with E-state index in [4.69, 9.17) is 0 Å². The molecule has 4 saturated carbocycles. The van der Waals surface area contributed by atoms with Gasteiger partial charge in [0.15, 0.2) is 11.6 Å². The number of carbonyl (C=O) groups is 2. The number of aliphatic hydroxyl groups excluding tert-OH is 1. The van der Waals surface area contributed by atoms with Gasteiger partial charge in [0, 0.05) is 11.8 Å². The lowest BCUT2D eigenvalue weighted by Crippen LogP contribution is -2.65. The lowest BCUT2D eigenvalue weighted by molar-refractivity contribution is -0.181. The van der Waals surface area contributed by atoms with Crippen LogP contribution in [0.1, 0.15) is 52.4 Å². The zero-order valence-electron chi connectivity index (χ0n) is 14.1. The monoisotopic (exact) mass is 314 g/mol. The summed E-state index contributed by atoms with van der Waals surface area (Å²) in [6.45, 7) is 8.18. The highest BCUT2D eigenvalue weighted by Crippen LogP contribution is 2.68. The van der Waals surface area contributed by atoms with Crippen LogP contribution in [0.2, 0.25) is 0 Å². The number of allylic oxidation sites excluding steroid dienone is 3. The molecule has 0 heterocycles. The summed E-state index contributed by atoms with van der Waals surface area (Å²) in [7, 11) is 0. The molecule has 3 heteroatoms. The summed E-state index contributed by atoms with van der Waals surface area (Å²) in [5, 5.41) is 10.5. The van der Waals surface area contributed by atoms with Gasteiger partial charge in [-0.15, -0.1) is 6.58 Å². The average molecular weight is 314 g/mol. The largest absolute Gasteiger partial charge is 0.385 e. The van der Waals surface area contributed by atoms with Crippen molar-refractivity contribution >= 4 is 11.6 Å². The third-order valence-corrected chi connectivity index (χ3v) is 7.81. The highest BCUT2D eigenvalue weighted by atomic mass is 16.3. The standard InChI is InChI=1S/C20H26O3/c1-4-12-10-20-8-5-14-11(2)15(21)6-7-19(14,3)16(20)9-13(12)17(22)18(20)23/h4,12-13,16-17,22H,1,5-10H2,2-3H3/t12?,13-,16-,17+,19+,20-/m0/s1. The van der Waals surface area contributed by atoms with Crippen LogP contribution in [0.5, 0.6) is 0 Å². The molecule has 0 radical (unpaired) electrons. The molecule has 0 amide bonds. The Hall–Kier alpha value is -1.22. The zero-order chi connectivity index (χ0) is 16.6.